The van der Waals surface area contributed by atoms with Gasteiger partial charge in [0.05, 0.1) is 24.4 Å². The molecule has 0 aliphatic heterocycles. The number of carbonyl (C=O) groups excluding carboxylic acids is 1. The number of alkyl halides is 3. The summed E-state index contributed by atoms with van der Waals surface area (Å²) in [7, 11) is 0. The van der Waals surface area contributed by atoms with Gasteiger partial charge in [-0.3, -0.25) is 0 Å². The van der Waals surface area contributed by atoms with E-state index in [4.69, 9.17) is 4.74 Å². The van der Waals surface area contributed by atoms with Crippen LogP contribution in [0.4, 0.5) is 23.7 Å². The lowest BCUT2D eigenvalue weighted by Crippen LogP contribution is -2.35. The maximum Gasteiger partial charge on any atom is 0.416 e. The molecule has 1 heterocycles. The first-order valence-corrected chi connectivity index (χ1v) is 10.5. The molecule has 2 amide bonds. The smallest absolute Gasteiger partial charge is 0.416 e. The Morgan fingerprint density at radius 2 is 1.94 bits per heavy atom. The number of ether oxygens (including phenoxy) is 1. The Morgan fingerprint density at radius 3 is 2.67 bits per heavy atom. The number of hydrogen-bond donors (Lipinski definition) is 1. The second-order valence-electron chi connectivity index (χ2n) is 7.35. The number of urea groups is 1. The van der Waals surface area contributed by atoms with E-state index < -0.39 is 11.7 Å². The molecule has 3 rings (SSSR count). The molecular formula is C25H26F3N3O2. The first kappa shape index (κ1) is 24.0. The Bertz CT molecular complexity index is 1090. The van der Waals surface area contributed by atoms with E-state index in [-0.39, 0.29) is 25.7 Å². The van der Waals surface area contributed by atoms with E-state index in [1.807, 2.05) is 23.6 Å². The van der Waals surface area contributed by atoms with E-state index in [1.165, 1.54) is 6.07 Å². The summed E-state index contributed by atoms with van der Waals surface area (Å²) in [6.07, 6.45) is -0.996. The fraction of sp³-hybridized carbons (Fsp3) is 0.240. The topological polar surface area (TPSA) is 46.5 Å². The van der Waals surface area contributed by atoms with Crippen LogP contribution in [0, 0.1) is 0 Å². The number of halogens is 3. The van der Waals surface area contributed by atoms with Crippen LogP contribution in [0.3, 0.4) is 0 Å². The maximum atomic E-state index is 13.1. The molecule has 0 aliphatic rings. The number of para-hydroxylation sites is 2. The molecular weight excluding hydrogens is 431 g/mol. The minimum Gasteiger partial charge on any atom is -0.492 e. The lowest BCUT2D eigenvalue weighted by molar-refractivity contribution is -0.137. The van der Waals surface area contributed by atoms with E-state index >= 15 is 0 Å². The standard InChI is InChI=1S/C25H26F3N3O2/c1-3-14-31(24(32)29-22-12-5-6-13-23(22)33-4-2)18-21-11-8-15-30(21)17-19-9-7-10-20(16-19)25(26,27)28/h3,5-13,15-16H,1,4,14,17-18H2,2H3,(H,29,32). The normalized spacial score (nSPS) is 11.2. The van der Waals surface area contributed by atoms with Crippen LogP contribution in [0.25, 0.3) is 0 Å². The Hall–Kier alpha value is -3.68. The van der Waals surface area contributed by atoms with Gasteiger partial charge in [-0.1, -0.05) is 30.3 Å². The highest BCUT2D eigenvalue weighted by Gasteiger charge is 2.30. The van der Waals surface area contributed by atoms with Crippen molar-refractivity contribution in [3.63, 3.8) is 0 Å². The Morgan fingerprint density at radius 1 is 1.15 bits per heavy atom. The van der Waals surface area contributed by atoms with Gasteiger partial charge in [0.1, 0.15) is 5.75 Å². The van der Waals surface area contributed by atoms with Crippen LogP contribution in [0.5, 0.6) is 5.75 Å². The molecule has 0 unspecified atom stereocenters. The number of amides is 2. The molecule has 0 saturated carbocycles. The van der Waals surface area contributed by atoms with Crippen LogP contribution in [0.2, 0.25) is 0 Å². The van der Waals surface area contributed by atoms with E-state index in [0.717, 1.165) is 17.8 Å². The molecule has 33 heavy (non-hydrogen) atoms. The average molecular weight is 457 g/mol. The number of anilines is 1. The molecule has 0 spiro atoms. The van der Waals surface area contributed by atoms with Crippen molar-refractivity contribution in [1.82, 2.24) is 9.47 Å². The van der Waals surface area contributed by atoms with Crippen molar-refractivity contribution >= 4 is 11.7 Å². The number of rotatable bonds is 9. The zero-order valence-electron chi connectivity index (χ0n) is 18.3. The summed E-state index contributed by atoms with van der Waals surface area (Å²) in [4.78, 5) is 14.6. The van der Waals surface area contributed by atoms with Gasteiger partial charge in [-0.05, 0) is 48.9 Å². The third kappa shape index (κ3) is 6.41. The van der Waals surface area contributed by atoms with Crippen molar-refractivity contribution in [2.75, 3.05) is 18.5 Å². The van der Waals surface area contributed by atoms with Crippen molar-refractivity contribution in [3.05, 3.63) is 96.3 Å². The number of nitrogens with zero attached hydrogens (tertiary/aromatic N) is 2. The summed E-state index contributed by atoms with van der Waals surface area (Å²) in [6.45, 7) is 6.85. The number of benzene rings is 2. The maximum absolute atomic E-state index is 13.1. The Balaban J connectivity index is 1.76. The van der Waals surface area contributed by atoms with Crippen molar-refractivity contribution < 1.29 is 22.7 Å². The lowest BCUT2D eigenvalue weighted by Gasteiger charge is -2.23. The van der Waals surface area contributed by atoms with Crippen molar-refractivity contribution in [1.29, 1.82) is 0 Å². The highest BCUT2D eigenvalue weighted by Crippen LogP contribution is 2.30. The molecule has 3 aromatic rings. The van der Waals surface area contributed by atoms with Crippen molar-refractivity contribution in [2.24, 2.45) is 0 Å². The Kier molecular flexibility index (Phi) is 7.82. The summed E-state index contributed by atoms with van der Waals surface area (Å²) in [5, 5.41) is 2.87. The molecule has 8 heteroatoms. The van der Waals surface area contributed by atoms with Gasteiger partial charge >= 0.3 is 12.2 Å². The second-order valence-corrected chi connectivity index (χ2v) is 7.35. The summed E-state index contributed by atoms with van der Waals surface area (Å²) in [5.41, 5.74) is 1.17. The van der Waals surface area contributed by atoms with E-state index in [2.05, 4.69) is 11.9 Å². The summed E-state index contributed by atoms with van der Waals surface area (Å²) < 4.78 is 46.5. The zero-order valence-corrected chi connectivity index (χ0v) is 18.3. The van der Waals surface area contributed by atoms with Gasteiger partial charge in [0.25, 0.3) is 0 Å². The molecule has 0 atom stereocenters. The predicted molar refractivity (Wildman–Crippen MR) is 122 cm³/mol. The molecule has 5 nitrogen and oxygen atoms in total. The SMILES string of the molecule is C=CCN(Cc1cccn1Cc1cccc(C(F)(F)F)c1)C(=O)Nc1ccccc1OCC. The molecule has 0 radical (unpaired) electrons. The fourth-order valence-corrected chi connectivity index (χ4v) is 3.41. The van der Waals surface area contributed by atoms with Gasteiger partial charge in [0.15, 0.2) is 0 Å². The third-order valence-corrected chi connectivity index (χ3v) is 4.95. The summed E-state index contributed by atoms with van der Waals surface area (Å²) in [5.74, 6) is 0.569. The number of carbonyl (C=O) groups is 1. The van der Waals surface area contributed by atoms with Gasteiger partial charge in [-0.15, -0.1) is 6.58 Å². The van der Waals surface area contributed by atoms with E-state index in [0.29, 0.717) is 23.6 Å². The molecule has 0 saturated heterocycles. The van der Waals surface area contributed by atoms with Crippen LogP contribution in [-0.4, -0.2) is 28.6 Å². The van der Waals surface area contributed by atoms with Crippen LogP contribution in [0.1, 0.15) is 23.7 Å². The fourth-order valence-electron chi connectivity index (χ4n) is 3.41. The average Bonchev–Trinajstić information content (AvgIpc) is 3.21. The van der Waals surface area contributed by atoms with Gasteiger partial charge < -0.3 is 19.5 Å². The van der Waals surface area contributed by atoms with E-state index in [9.17, 15) is 18.0 Å². The quantitative estimate of drug-likeness (QED) is 0.391. The first-order chi connectivity index (χ1) is 15.8. The second kappa shape index (κ2) is 10.8. The molecule has 0 bridgehead atoms. The summed E-state index contributed by atoms with van der Waals surface area (Å²) in [6, 6.07) is 15.7. The molecule has 0 aliphatic carbocycles. The minimum absolute atomic E-state index is 0.251. The molecule has 1 N–H and O–H groups in total. The van der Waals surface area contributed by atoms with Crippen LogP contribution < -0.4 is 10.1 Å². The monoisotopic (exact) mass is 457 g/mol. The van der Waals surface area contributed by atoms with Gasteiger partial charge in [0, 0.05) is 25.0 Å². The highest BCUT2D eigenvalue weighted by molar-refractivity contribution is 5.91. The van der Waals surface area contributed by atoms with Crippen LogP contribution >= 0.6 is 0 Å². The van der Waals surface area contributed by atoms with Crippen LogP contribution in [0.15, 0.2) is 79.5 Å². The van der Waals surface area contributed by atoms with Gasteiger partial charge in [-0.2, -0.15) is 13.2 Å². The number of hydrogen-bond acceptors (Lipinski definition) is 2. The first-order valence-electron chi connectivity index (χ1n) is 10.5. The molecule has 2 aromatic carbocycles. The molecule has 174 valence electrons. The predicted octanol–water partition coefficient (Wildman–Crippen LogP) is 6.17. The zero-order chi connectivity index (χ0) is 23.8. The third-order valence-electron chi connectivity index (χ3n) is 4.95. The van der Waals surface area contributed by atoms with Gasteiger partial charge in [-0.25, -0.2) is 4.79 Å². The minimum atomic E-state index is -4.40. The molecule has 1 aromatic heterocycles. The molecule has 0 fully saturated rings. The van der Waals surface area contributed by atoms with Crippen LogP contribution in [-0.2, 0) is 19.3 Å². The largest absolute Gasteiger partial charge is 0.492 e. The van der Waals surface area contributed by atoms with Crippen molar-refractivity contribution in [2.45, 2.75) is 26.2 Å². The Labute approximate surface area is 191 Å². The lowest BCUT2D eigenvalue weighted by atomic mass is 10.1. The van der Waals surface area contributed by atoms with Crippen molar-refractivity contribution in [3.8, 4) is 5.75 Å². The number of nitrogens with one attached hydrogen (secondary N) is 1. The number of aromatic nitrogens is 1. The highest BCUT2D eigenvalue weighted by atomic mass is 19.4. The summed E-state index contributed by atoms with van der Waals surface area (Å²) >= 11 is 0. The van der Waals surface area contributed by atoms with E-state index in [1.54, 1.807) is 47.5 Å². The van der Waals surface area contributed by atoms with Gasteiger partial charge in [0.2, 0.25) is 0 Å².